The van der Waals surface area contributed by atoms with E-state index < -0.39 is 17.1 Å². The number of carbonyl (C=O) groups is 1. The predicted octanol–water partition coefficient (Wildman–Crippen LogP) is 6.06. The van der Waals surface area contributed by atoms with Crippen LogP contribution in [0.25, 0.3) is 21.9 Å². The summed E-state index contributed by atoms with van der Waals surface area (Å²) in [5.74, 6) is -1.10. The lowest BCUT2D eigenvalue weighted by Gasteiger charge is -2.16. The molecular formula is C25H30O5S. The lowest BCUT2D eigenvalue weighted by molar-refractivity contribution is 0.0697. The Morgan fingerprint density at radius 3 is 2.45 bits per heavy atom. The molecule has 0 aliphatic carbocycles. The second kappa shape index (κ2) is 10.3. The maximum atomic E-state index is 13.3. The third kappa shape index (κ3) is 5.31. The normalized spacial score (nSPS) is 12.7. The molecule has 0 aliphatic rings. The highest BCUT2D eigenvalue weighted by molar-refractivity contribution is 7.92. The molecule has 1 unspecified atom stereocenters. The summed E-state index contributed by atoms with van der Waals surface area (Å²) in [4.78, 5) is 25.1. The molecule has 0 saturated carbocycles. The zero-order valence-corrected chi connectivity index (χ0v) is 19.2. The Balaban J connectivity index is 2.07. The largest absolute Gasteiger partial charge is 0.611 e. The third-order valence-electron chi connectivity index (χ3n) is 5.51. The molecule has 0 radical (unpaired) electrons. The summed E-state index contributed by atoms with van der Waals surface area (Å²) in [7, 11) is 0. The van der Waals surface area contributed by atoms with Gasteiger partial charge in [-0.3, -0.25) is 4.79 Å². The molecule has 3 rings (SSSR count). The molecule has 2 aromatic carbocycles. The molecule has 0 spiro atoms. The van der Waals surface area contributed by atoms with E-state index in [1.54, 1.807) is 0 Å². The number of carboxylic acids is 1. The summed E-state index contributed by atoms with van der Waals surface area (Å²) >= 11 is -1.32. The first-order valence-electron chi connectivity index (χ1n) is 11.0. The van der Waals surface area contributed by atoms with Crippen molar-refractivity contribution in [3.05, 3.63) is 51.7 Å². The monoisotopic (exact) mass is 442 g/mol. The van der Waals surface area contributed by atoms with E-state index >= 15 is 0 Å². The van der Waals surface area contributed by atoms with Gasteiger partial charge in [0.15, 0.2) is 10.5 Å². The van der Waals surface area contributed by atoms with Crippen molar-refractivity contribution in [2.75, 3.05) is 0 Å². The number of aromatic carboxylic acids is 1. The Hall–Kier alpha value is -2.31. The first-order valence-corrected chi connectivity index (χ1v) is 12.2. The number of unbranched alkanes of at least 4 members (excludes halogenated alkanes) is 5. The molecule has 5 nitrogen and oxygen atoms in total. The van der Waals surface area contributed by atoms with Crippen molar-refractivity contribution in [3.63, 3.8) is 0 Å². The summed E-state index contributed by atoms with van der Waals surface area (Å²) in [6.07, 6.45) is 7.81. The molecule has 6 heteroatoms. The molecule has 1 heterocycles. The summed E-state index contributed by atoms with van der Waals surface area (Å²) in [5.41, 5.74) is 1.35. The van der Waals surface area contributed by atoms with Crippen LogP contribution in [0.4, 0.5) is 0 Å². The van der Waals surface area contributed by atoms with Crippen molar-refractivity contribution in [1.82, 2.24) is 0 Å². The highest BCUT2D eigenvalue weighted by Crippen LogP contribution is 2.30. The van der Waals surface area contributed by atoms with E-state index in [1.165, 1.54) is 43.9 Å². The molecule has 0 bridgehead atoms. The van der Waals surface area contributed by atoms with Gasteiger partial charge in [0.05, 0.1) is 16.3 Å². The van der Waals surface area contributed by atoms with Gasteiger partial charge in [0.2, 0.25) is 5.43 Å². The van der Waals surface area contributed by atoms with E-state index in [4.69, 9.17) is 4.42 Å². The smallest absolute Gasteiger partial charge is 0.335 e. The van der Waals surface area contributed by atoms with Crippen molar-refractivity contribution >= 4 is 39.1 Å². The second-order valence-electron chi connectivity index (χ2n) is 8.28. The number of rotatable bonds is 10. The number of hydrogen-bond acceptors (Lipinski definition) is 4. The highest BCUT2D eigenvalue weighted by Gasteiger charge is 2.24. The maximum Gasteiger partial charge on any atom is 0.335 e. The molecule has 31 heavy (non-hydrogen) atoms. The van der Waals surface area contributed by atoms with Gasteiger partial charge in [-0.15, -0.1) is 0 Å². The molecule has 3 aromatic rings. The molecule has 166 valence electrons. The Labute approximate surface area is 185 Å². The van der Waals surface area contributed by atoms with E-state index in [2.05, 4.69) is 6.92 Å². The number of hydrogen-bond donors (Lipinski definition) is 1. The third-order valence-corrected chi connectivity index (χ3v) is 7.10. The minimum Gasteiger partial charge on any atom is -0.611 e. The van der Waals surface area contributed by atoms with Crippen LogP contribution in [0.3, 0.4) is 0 Å². The van der Waals surface area contributed by atoms with Crippen molar-refractivity contribution in [2.24, 2.45) is 0 Å². The molecule has 1 aromatic heterocycles. The highest BCUT2D eigenvalue weighted by atomic mass is 32.2. The molecule has 0 saturated heterocycles. The van der Waals surface area contributed by atoms with Crippen LogP contribution >= 0.6 is 0 Å². The van der Waals surface area contributed by atoms with Crippen LogP contribution in [0.5, 0.6) is 0 Å². The van der Waals surface area contributed by atoms with Crippen LogP contribution in [-0.2, 0) is 17.6 Å². The predicted molar refractivity (Wildman–Crippen MR) is 126 cm³/mol. The molecule has 1 atom stereocenters. The number of benzene rings is 2. The SMILES string of the molecule is CCCCCCCCc1cc([S+]([O-])C(C)C)c2oc3ccc(C(=O)O)cc3c(=O)c2c1. The quantitative estimate of drug-likeness (QED) is 0.234. The minimum atomic E-state index is -1.32. The standard InChI is InChI=1S/C25H30O5S/c1-4-5-6-7-8-9-10-17-13-20-23(26)19-15-18(25(27)28)11-12-21(19)30-24(20)22(14-17)31(29)16(2)3/h11-16H,4-10H2,1-3H3,(H,27,28). The van der Waals surface area contributed by atoms with Gasteiger partial charge in [0.1, 0.15) is 10.8 Å². The van der Waals surface area contributed by atoms with E-state index in [1.807, 2.05) is 26.0 Å². The van der Waals surface area contributed by atoms with Gasteiger partial charge < -0.3 is 14.1 Å². The van der Waals surface area contributed by atoms with E-state index in [-0.39, 0.29) is 21.6 Å². The Morgan fingerprint density at radius 1 is 1.06 bits per heavy atom. The van der Waals surface area contributed by atoms with Crippen molar-refractivity contribution in [3.8, 4) is 0 Å². The van der Waals surface area contributed by atoms with Gasteiger partial charge in [-0.05, 0) is 67.7 Å². The fourth-order valence-corrected chi connectivity index (χ4v) is 4.88. The molecule has 0 fully saturated rings. The topological polar surface area (TPSA) is 90.6 Å². The van der Waals surface area contributed by atoms with Crippen LogP contribution < -0.4 is 5.43 Å². The van der Waals surface area contributed by atoms with Gasteiger partial charge in [-0.1, -0.05) is 39.0 Å². The van der Waals surface area contributed by atoms with E-state index in [0.29, 0.717) is 21.4 Å². The summed E-state index contributed by atoms with van der Waals surface area (Å²) in [5, 5.41) is 9.74. The lowest BCUT2D eigenvalue weighted by Crippen LogP contribution is -2.16. The first-order chi connectivity index (χ1) is 14.8. The zero-order chi connectivity index (χ0) is 22.5. The molecular weight excluding hydrogens is 412 g/mol. The first kappa shape index (κ1) is 23.4. The number of fused-ring (bicyclic) bond motifs is 2. The van der Waals surface area contributed by atoms with Crippen LogP contribution in [0.1, 0.15) is 75.2 Å². The summed E-state index contributed by atoms with van der Waals surface area (Å²) in [6.45, 7) is 5.95. The second-order valence-corrected chi connectivity index (χ2v) is 10.3. The van der Waals surface area contributed by atoms with Gasteiger partial charge in [0, 0.05) is 6.07 Å². The number of carboxylic acid groups (broad SMARTS) is 1. The Morgan fingerprint density at radius 2 is 1.77 bits per heavy atom. The van der Waals surface area contributed by atoms with Crippen LogP contribution in [0.2, 0.25) is 0 Å². The average molecular weight is 443 g/mol. The van der Waals surface area contributed by atoms with Gasteiger partial charge >= 0.3 is 5.97 Å². The van der Waals surface area contributed by atoms with Crippen LogP contribution in [0.15, 0.2) is 44.4 Å². The maximum absolute atomic E-state index is 13.3. The van der Waals surface area contributed by atoms with E-state index in [0.717, 1.165) is 24.8 Å². The molecule has 1 N–H and O–H groups in total. The van der Waals surface area contributed by atoms with Crippen LogP contribution in [-0.4, -0.2) is 20.9 Å². The zero-order valence-electron chi connectivity index (χ0n) is 18.4. The van der Waals surface area contributed by atoms with Crippen molar-refractivity contribution < 1.29 is 18.9 Å². The fourth-order valence-electron chi connectivity index (χ4n) is 3.77. The minimum absolute atomic E-state index is 0.0355. The summed E-state index contributed by atoms with van der Waals surface area (Å²) in [6, 6.07) is 7.98. The summed E-state index contributed by atoms with van der Waals surface area (Å²) < 4.78 is 19.0. The molecule has 0 aliphatic heterocycles. The van der Waals surface area contributed by atoms with Gasteiger partial charge in [-0.25, -0.2) is 4.79 Å². The van der Waals surface area contributed by atoms with Crippen molar-refractivity contribution in [1.29, 1.82) is 0 Å². The average Bonchev–Trinajstić information content (AvgIpc) is 2.75. The van der Waals surface area contributed by atoms with E-state index in [9.17, 15) is 19.2 Å². The lowest BCUT2D eigenvalue weighted by atomic mass is 10.0. The van der Waals surface area contributed by atoms with Crippen molar-refractivity contribution in [2.45, 2.75) is 75.9 Å². The molecule has 0 amide bonds. The Bertz CT molecular complexity index is 1130. The fraction of sp³-hybridized carbons (Fsp3) is 0.440. The Kier molecular flexibility index (Phi) is 7.79. The van der Waals surface area contributed by atoms with Gasteiger partial charge in [0.25, 0.3) is 0 Å². The van der Waals surface area contributed by atoms with Crippen LogP contribution in [0, 0.1) is 0 Å². The van der Waals surface area contributed by atoms with Gasteiger partial charge in [-0.2, -0.15) is 0 Å². The number of aryl methyl sites for hydroxylation is 1.